The molecule has 1 aliphatic heterocycles. The van der Waals surface area contributed by atoms with Crippen LogP contribution in [-0.2, 0) is 9.47 Å². The molecule has 0 radical (unpaired) electrons. The van der Waals surface area contributed by atoms with Gasteiger partial charge >= 0.3 is 0 Å². The lowest BCUT2D eigenvalue weighted by Gasteiger charge is -2.71. The van der Waals surface area contributed by atoms with E-state index in [1.165, 1.54) is 5.57 Å². The molecular weight excluding hydrogens is 560 g/mol. The maximum absolute atomic E-state index is 12.7. The second-order valence-electron chi connectivity index (χ2n) is 17.3. The van der Waals surface area contributed by atoms with Crippen molar-refractivity contribution in [2.24, 2.45) is 39.4 Å². The quantitative estimate of drug-likeness (QED) is 0.181. The van der Waals surface area contributed by atoms with E-state index in [1.54, 1.807) is 0 Å². The summed E-state index contributed by atoms with van der Waals surface area (Å²) in [5.41, 5.74) is -1.17. The molecule has 0 spiro atoms. The molecule has 4 saturated carbocycles. The van der Waals surface area contributed by atoms with Gasteiger partial charge in [-0.15, -0.1) is 0 Å². The van der Waals surface area contributed by atoms with E-state index in [0.29, 0.717) is 24.7 Å². The maximum Gasteiger partial charge on any atom is 0.186 e. The van der Waals surface area contributed by atoms with E-state index in [9.17, 15) is 30.6 Å². The number of rotatable bonds is 7. The van der Waals surface area contributed by atoms with Crippen LogP contribution < -0.4 is 0 Å². The monoisotopic (exact) mass is 622 g/mol. The number of ether oxygens (including phenoxy) is 2. The molecule has 14 atom stereocenters. The Kier molecular flexibility index (Phi) is 9.11. The van der Waals surface area contributed by atoms with Crippen LogP contribution in [0.3, 0.4) is 0 Å². The molecule has 5 aliphatic rings. The van der Waals surface area contributed by atoms with Crippen LogP contribution in [0.25, 0.3) is 0 Å². The number of aliphatic hydroxyl groups is 6. The highest BCUT2D eigenvalue weighted by molar-refractivity contribution is 5.24. The van der Waals surface area contributed by atoms with Crippen molar-refractivity contribution in [2.75, 3.05) is 6.61 Å². The number of hydrogen-bond donors (Lipinski definition) is 6. The average molecular weight is 623 g/mol. The van der Waals surface area contributed by atoms with E-state index in [1.807, 2.05) is 6.92 Å². The van der Waals surface area contributed by atoms with E-state index in [0.717, 1.165) is 51.4 Å². The molecule has 1 saturated heterocycles. The van der Waals surface area contributed by atoms with Gasteiger partial charge in [-0.2, -0.15) is 0 Å². The zero-order chi connectivity index (χ0) is 32.7. The summed E-state index contributed by atoms with van der Waals surface area (Å²) in [4.78, 5) is 0. The molecule has 8 nitrogen and oxygen atoms in total. The largest absolute Gasteiger partial charge is 0.394 e. The van der Waals surface area contributed by atoms with Crippen molar-refractivity contribution in [2.45, 2.75) is 168 Å². The molecular formula is C36H62O8. The fourth-order valence-corrected chi connectivity index (χ4v) is 11.9. The van der Waals surface area contributed by atoms with E-state index in [-0.39, 0.29) is 33.7 Å². The second kappa shape index (κ2) is 11.5. The number of allylic oxidation sites excluding steroid dienone is 2. The molecule has 6 N–H and O–H groups in total. The first-order valence-electron chi connectivity index (χ1n) is 17.3. The van der Waals surface area contributed by atoms with Gasteiger partial charge in [0.15, 0.2) is 6.29 Å². The Labute approximate surface area is 265 Å². The lowest BCUT2D eigenvalue weighted by Crippen LogP contribution is -2.69. The Hall–Kier alpha value is -0.580. The molecule has 2 unspecified atom stereocenters. The summed E-state index contributed by atoms with van der Waals surface area (Å²) in [6.07, 6.45) is 4.18. The molecule has 5 rings (SSSR count). The lowest BCUT2D eigenvalue weighted by molar-refractivity contribution is -0.333. The van der Waals surface area contributed by atoms with Gasteiger partial charge in [0, 0.05) is 11.3 Å². The lowest BCUT2D eigenvalue weighted by atomic mass is 9.34. The zero-order valence-electron chi connectivity index (χ0n) is 28.6. The van der Waals surface area contributed by atoms with Gasteiger partial charge in [0.2, 0.25) is 0 Å². The van der Waals surface area contributed by atoms with Crippen LogP contribution in [0.1, 0.15) is 120 Å². The maximum atomic E-state index is 12.7. The molecule has 8 heteroatoms. The topological polar surface area (TPSA) is 140 Å². The van der Waals surface area contributed by atoms with Gasteiger partial charge in [-0.25, -0.2) is 0 Å². The van der Waals surface area contributed by atoms with Crippen molar-refractivity contribution < 1.29 is 40.1 Å². The van der Waals surface area contributed by atoms with Crippen LogP contribution in [0.15, 0.2) is 11.6 Å². The Morgan fingerprint density at radius 1 is 0.886 bits per heavy atom. The highest BCUT2D eigenvalue weighted by Crippen LogP contribution is 2.77. The second-order valence-corrected chi connectivity index (χ2v) is 17.3. The van der Waals surface area contributed by atoms with E-state index >= 15 is 0 Å². The Morgan fingerprint density at radius 3 is 2.18 bits per heavy atom. The Morgan fingerprint density at radius 2 is 1.55 bits per heavy atom. The van der Waals surface area contributed by atoms with Crippen LogP contribution >= 0.6 is 0 Å². The average Bonchev–Trinajstić information content (AvgIpc) is 3.22. The van der Waals surface area contributed by atoms with Gasteiger partial charge in [-0.3, -0.25) is 0 Å². The standard InChI is InChI=1S/C36H62O8/c1-21(2)10-9-15-34(7,41)25-12-18-35(8)33(6)17-11-23-31(3,4)26(14-16-32(23,5)24(33)13-19-36(25,35)42)44-30-29(40)28(39)27(38)22(20-37)43-30/h10,22-30,37-42H,9,11-20H2,1-8H3/t22?,23-,24+,25+,26-,27+,28+,29?,30-,32-,33+,34-,35-,36-/m0/s1. The molecule has 44 heavy (non-hydrogen) atoms. The third kappa shape index (κ3) is 4.99. The summed E-state index contributed by atoms with van der Waals surface area (Å²) < 4.78 is 12.2. The number of fused-ring (bicyclic) bond motifs is 5. The smallest absolute Gasteiger partial charge is 0.186 e. The zero-order valence-corrected chi connectivity index (χ0v) is 28.6. The minimum absolute atomic E-state index is 0.0279. The summed E-state index contributed by atoms with van der Waals surface area (Å²) in [6, 6.07) is 0. The molecule has 1 heterocycles. The van der Waals surface area contributed by atoms with Gasteiger partial charge < -0.3 is 40.1 Å². The van der Waals surface area contributed by atoms with Crippen LogP contribution in [0, 0.1) is 39.4 Å². The normalized spacial score (nSPS) is 51.5. The molecule has 0 aromatic rings. The van der Waals surface area contributed by atoms with Gasteiger partial charge in [-0.1, -0.05) is 46.3 Å². The molecule has 0 bridgehead atoms. The first-order valence-corrected chi connectivity index (χ1v) is 17.3. The minimum atomic E-state index is -1.46. The summed E-state index contributed by atoms with van der Waals surface area (Å²) in [5.74, 6) is 0.616. The van der Waals surface area contributed by atoms with Crippen molar-refractivity contribution in [3.05, 3.63) is 11.6 Å². The molecule has 0 aromatic heterocycles. The van der Waals surface area contributed by atoms with Crippen LogP contribution in [-0.4, -0.2) is 85.3 Å². The van der Waals surface area contributed by atoms with Crippen molar-refractivity contribution in [3.8, 4) is 0 Å². The van der Waals surface area contributed by atoms with Crippen molar-refractivity contribution >= 4 is 0 Å². The predicted octanol–water partition coefficient (Wildman–Crippen LogP) is 4.47. The highest BCUT2D eigenvalue weighted by atomic mass is 16.7. The highest BCUT2D eigenvalue weighted by Gasteiger charge is 2.74. The third-order valence-corrected chi connectivity index (χ3v) is 14.6. The number of hydrogen-bond acceptors (Lipinski definition) is 8. The van der Waals surface area contributed by atoms with Crippen molar-refractivity contribution in [1.82, 2.24) is 0 Å². The Balaban J connectivity index is 1.37. The van der Waals surface area contributed by atoms with E-state index < -0.39 is 48.5 Å². The molecule has 4 aliphatic carbocycles. The number of aliphatic hydroxyl groups excluding tert-OH is 4. The van der Waals surface area contributed by atoms with Crippen LogP contribution in [0.4, 0.5) is 0 Å². The summed E-state index contributed by atoms with van der Waals surface area (Å²) >= 11 is 0. The van der Waals surface area contributed by atoms with Gasteiger partial charge in [-0.05, 0) is 113 Å². The summed E-state index contributed by atoms with van der Waals surface area (Å²) in [7, 11) is 0. The van der Waals surface area contributed by atoms with E-state index in [4.69, 9.17) is 9.47 Å². The van der Waals surface area contributed by atoms with Gasteiger partial charge in [0.1, 0.15) is 24.4 Å². The fraction of sp³-hybridized carbons (Fsp3) is 0.944. The molecule has 0 amide bonds. The molecule has 0 aromatic carbocycles. The van der Waals surface area contributed by atoms with E-state index in [2.05, 4.69) is 54.5 Å². The summed E-state index contributed by atoms with van der Waals surface area (Å²) in [5, 5.41) is 65.5. The van der Waals surface area contributed by atoms with Crippen LogP contribution in [0.5, 0.6) is 0 Å². The van der Waals surface area contributed by atoms with Crippen LogP contribution in [0.2, 0.25) is 0 Å². The molecule has 254 valence electrons. The van der Waals surface area contributed by atoms with Crippen molar-refractivity contribution in [1.29, 1.82) is 0 Å². The van der Waals surface area contributed by atoms with Gasteiger partial charge in [0.25, 0.3) is 0 Å². The first kappa shape index (κ1) is 34.7. The first-order chi connectivity index (χ1) is 20.3. The minimum Gasteiger partial charge on any atom is -0.394 e. The molecule has 5 fully saturated rings. The predicted molar refractivity (Wildman–Crippen MR) is 168 cm³/mol. The third-order valence-electron chi connectivity index (χ3n) is 14.6. The SMILES string of the molecule is CC(C)=CCC[C@](C)(O)[C@H]1CC[C@@]2(C)[C@]3(C)CC[C@H]4C(C)(C)[C@@H](O[C@@H]5OC(CO)[C@@H](O)[C@@H](O)C5O)CC[C@]4(C)[C@H]3CC[C@]12O. The Bertz CT molecular complexity index is 1080. The van der Waals surface area contributed by atoms with Gasteiger partial charge in [0.05, 0.1) is 23.9 Å². The fourth-order valence-electron chi connectivity index (χ4n) is 11.9. The summed E-state index contributed by atoms with van der Waals surface area (Å²) in [6.45, 7) is 17.4. The van der Waals surface area contributed by atoms with Crippen molar-refractivity contribution in [3.63, 3.8) is 0 Å².